The van der Waals surface area contributed by atoms with Crippen LogP contribution in [-0.2, 0) is 0 Å². The lowest BCUT2D eigenvalue weighted by Crippen LogP contribution is -2.48. The van der Waals surface area contributed by atoms with E-state index in [0.717, 1.165) is 18.5 Å². The Kier molecular flexibility index (Phi) is 7.96. The molecule has 19 heavy (non-hydrogen) atoms. The number of hydrogen-bond donors (Lipinski definition) is 1. The van der Waals surface area contributed by atoms with Crippen molar-refractivity contribution >= 4 is 0 Å². The molecule has 2 atom stereocenters. The number of nitrogens with one attached hydrogen (secondary N) is 1. The van der Waals surface area contributed by atoms with Crippen molar-refractivity contribution in [1.82, 2.24) is 15.1 Å². The molecule has 0 aromatic heterocycles. The minimum Gasteiger partial charge on any atom is -0.314 e. The zero-order valence-electron chi connectivity index (χ0n) is 13.8. The van der Waals surface area contributed by atoms with Gasteiger partial charge in [-0.15, -0.1) is 0 Å². The van der Waals surface area contributed by atoms with Crippen LogP contribution in [0.5, 0.6) is 0 Å². The minimum absolute atomic E-state index is 0.677. The van der Waals surface area contributed by atoms with Gasteiger partial charge in [0.25, 0.3) is 0 Å². The molecular formula is C16H35N3. The van der Waals surface area contributed by atoms with Crippen LogP contribution in [0.2, 0.25) is 0 Å². The first-order valence-corrected chi connectivity index (χ1v) is 8.20. The predicted molar refractivity (Wildman–Crippen MR) is 84.7 cm³/mol. The Morgan fingerprint density at radius 2 is 2.05 bits per heavy atom. The van der Waals surface area contributed by atoms with Gasteiger partial charge in [0.2, 0.25) is 0 Å². The van der Waals surface area contributed by atoms with Gasteiger partial charge in [-0.25, -0.2) is 0 Å². The van der Waals surface area contributed by atoms with E-state index < -0.39 is 0 Å². The van der Waals surface area contributed by atoms with Crippen molar-refractivity contribution in [3.8, 4) is 0 Å². The normalized spacial score (nSPS) is 25.4. The molecule has 3 heteroatoms. The van der Waals surface area contributed by atoms with Crippen molar-refractivity contribution < 1.29 is 0 Å². The van der Waals surface area contributed by atoms with Gasteiger partial charge in [0, 0.05) is 18.6 Å². The Morgan fingerprint density at radius 3 is 2.63 bits per heavy atom. The third-order valence-corrected chi connectivity index (χ3v) is 4.57. The second-order valence-electron chi connectivity index (χ2n) is 6.51. The molecule has 0 bridgehead atoms. The average Bonchev–Trinajstić information content (AvgIpc) is 2.37. The first-order valence-electron chi connectivity index (χ1n) is 8.20. The monoisotopic (exact) mass is 269 g/mol. The van der Waals surface area contributed by atoms with Crippen molar-refractivity contribution in [2.75, 3.05) is 39.8 Å². The SMILES string of the molecule is CCNC1CCN(CCCCN(C)C(C)C)CC1C. The van der Waals surface area contributed by atoms with E-state index in [9.17, 15) is 0 Å². The Hall–Kier alpha value is -0.120. The van der Waals surface area contributed by atoms with E-state index in [1.54, 1.807) is 0 Å². The van der Waals surface area contributed by atoms with Gasteiger partial charge < -0.3 is 15.1 Å². The molecule has 0 saturated carbocycles. The largest absolute Gasteiger partial charge is 0.314 e. The Labute approximate surface area is 120 Å². The molecule has 1 N–H and O–H groups in total. The quantitative estimate of drug-likeness (QED) is 0.683. The Morgan fingerprint density at radius 1 is 1.32 bits per heavy atom. The zero-order valence-corrected chi connectivity index (χ0v) is 13.8. The van der Waals surface area contributed by atoms with Crippen LogP contribution in [0.1, 0.15) is 47.0 Å². The highest BCUT2D eigenvalue weighted by Gasteiger charge is 2.24. The van der Waals surface area contributed by atoms with Crippen LogP contribution < -0.4 is 5.32 Å². The highest BCUT2D eigenvalue weighted by atomic mass is 15.1. The van der Waals surface area contributed by atoms with Gasteiger partial charge in [0.1, 0.15) is 0 Å². The molecule has 0 aliphatic carbocycles. The van der Waals surface area contributed by atoms with E-state index in [0.29, 0.717) is 6.04 Å². The maximum atomic E-state index is 3.62. The second kappa shape index (κ2) is 8.93. The van der Waals surface area contributed by atoms with Gasteiger partial charge in [-0.05, 0) is 72.3 Å². The fourth-order valence-corrected chi connectivity index (χ4v) is 2.96. The second-order valence-corrected chi connectivity index (χ2v) is 6.51. The van der Waals surface area contributed by atoms with Crippen LogP contribution in [0.4, 0.5) is 0 Å². The summed E-state index contributed by atoms with van der Waals surface area (Å²) in [6.45, 7) is 15.3. The van der Waals surface area contributed by atoms with E-state index in [1.165, 1.54) is 45.4 Å². The van der Waals surface area contributed by atoms with Gasteiger partial charge in [-0.3, -0.25) is 0 Å². The van der Waals surface area contributed by atoms with Crippen LogP contribution in [-0.4, -0.2) is 61.7 Å². The lowest BCUT2D eigenvalue weighted by Gasteiger charge is -2.37. The first-order chi connectivity index (χ1) is 9.04. The van der Waals surface area contributed by atoms with E-state index in [1.807, 2.05) is 0 Å². The van der Waals surface area contributed by atoms with E-state index >= 15 is 0 Å². The lowest BCUT2D eigenvalue weighted by atomic mass is 9.93. The van der Waals surface area contributed by atoms with Gasteiger partial charge in [0.05, 0.1) is 0 Å². The van der Waals surface area contributed by atoms with Crippen LogP contribution in [0.3, 0.4) is 0 Å². The van der Waals surface area contributed by atoms with Crippen LogP contribution in [0.15, 0.2) is 0 Å². The summed E-state index contributed by atoms with van der Waals surface area (Å²) in [7, 11) is 2.23. The Bertz CT molecular complexity index is 230. The van der Waals surface area contributed by atoms with Gasteiger partial charge in [-0.2, -0.15) is 0 Å². The number of unbranched alkanes of at least 4 members (excludes halogenated alkanes) is 1. The predicted octanol–water partition coefficient (Wildman–Crippen LogP) is 2.43. The van der Waals surface area contributed by atoms with Gasteiger partial charge in [-0.1, -0.05) is 13.8 Å². The topological polar surface area (TPSA) is 18.5 Å². The molecule has 0 aromatic carbocycles. The fourth-order valence-electron chi connectivity index (χ4n) is 2.96. The molecule has 1 aliphatic heterocycles. The number of piperidine rings is 1. The lowest BCUT2D eigenvalue weighted by molar-refractivity contribution is 0.144. The summed E-state index contributed by atoms with van der Waals surface area (Å²) in [6, 6.07) is 1.42. The van der Waals surface area contributed by atoms with Crippen molar-refractivity contribution in [3.63, 3.8) is 0 Å². The van der Waals surface area contributed by atoms with Crippen molar-refractivity contribution in [2.45, 2.75) is 59.0 Å². The number of likely N-dealkylation sites (tertiary alicyclic amines) is 1. The fraction of sp³-hybridized carbons (Fsp3) is 1.00. The summed E-state index contributed by atoms with van der Waals surface area (Å²) in [5.74, 6) is 0.798. The summed E-state index contributed by atoms with van der Waals surface area (Å²) in [5.41, 5.74) is 0. The molecule has 1 fully saturated rings. The minimum atomic E-state index is 0.677. The number of rotatable bonds is 8. The van der Waals surface area contributed by atoms with Crippen molar-refractivity contribution in [2.24, 2.45) is 5.92 Å². The highest BCUT2D eigenvalue weighted by molar-refractivity contribution is 4.82. The summed E-state index contributed by atoms with van der Waals surface area (Å²) in [6.07, 6.45) is 3.99. The molecule has 0 amide bonds. The van der Waals surface area contributed by atoms with Gasteiger partial charge >= 0.3 is 0 Å². The summed E-state index contributed by atoms with van der Waals surface area (Å²) in [4.78, 5) is 5.11. The van der Waals surface area contributed by atoms with Crippen molar-refractivity contribution in [1.29, 1.82) is 0 Å². The van der Waals surface area contributed by atoms with Crippen molar-refractivity contribution in [3.05, 3.63) is 0 Å². The third kappa shape index (κ3) is 6.24. The molecule has 114 valence electrons. The van der Waals surface area contributed by atoms with E-state index in [4.69, 9.17) is 0 Å². The summed E-state index contributed by atoms with van der Waals surface area (Å²) < 4.78 is 0. The highest BCUT2D eigenvalue weighted by Crippen LogP contribution is 2.17. The number of nitrogens with zero attached hydrogens (tertiary/aromatic N) is 2. The first kappa shape index (κ1) is 16.9. The number of hydrogen-bond acceptors (Lipinski definition) is 3. The average molecular weight is 269 g/mol. The maximum Gasteiger partial charge on any atom is 0.0117 e. The molecule has 3 nitrogen and oxygen atoms in total. The molecule has 0 radical (unpaired) electrons. The molecule has 2 unspecified atom stereocenters. The van der Waals surface area contributed by atoms with Gasteiger partial charge in [0.15, 0.2) is 0 Å². The standard InChI is InChI=1S/C16H35N3/c1-6-17-16-9-12-19(13-15(16)4)11-8-7-10-18(5)14(2)3/h14-17H,6-13H2,1-5H3. The molecule has 1 saturated heterocycles. The maximum absolute atomic E-state index is 3.62. The molecule has 1 heterocycles. The smallest absolute Gasteiger partial charge is 0.0117 e. The van der Waals surface area contributed by atoms with Crippen LogP contribution in [0.25, 0.3) is 0 Å². The molecule has 1 rings (SSSR count). The summed E-state index contributed by atoms with van der Waals surface area (Å²) in [5, 5.41) is 3.62. The Balaban J connectivity index is 2.11. The molecule has 0 aromatic rings. The van der Waals surface area contributed by atoms with E-state index in [-0.39, 0.29) is 0 Å². The van der Waals surface area contributed by atoms with E-state index in [2.05, 4.69) is 49.9 Å². The van der Waals surface area contributed by atoms with Crippen LogP contribution in [0, 0.1) is 5.92 Å². The third-order valence-electron chi connectivity index (χ3n) is 4.57. The molecular weight excluding hydrogens is 234 g/mol. The summed E-state index contributed by atoms with van der Waals surface area (Å²) >= 11 is 0. The van der Waals surface area contributed by atoms with Crippen LogP contribution >= 0.6 is 0 Å². The molecule has 0 spiro atoms. The molecule has 1 aliphatic rings. The zero-order chi connectivity index (χ0) is 14.3.